The SMILES string of the molecule is Cc1ccsc1Cn1c(=O)n(C2CCN(C(=O)OC(C)(C)C)CC2)c(=O)c2sc(-c3ccccc3)cc21. The summed E-state index contributed by atoms with van der Waals surface area (Å²) in [6.45, 7) is 8.86. The number of hydrogen-bond donors (Lipinski definition) is 0. The second kappa shape index (κ2) is 9.95. The lowest BCUT2D eigenvalue weighted by Gasteiger charge is -2.34. The van der Waals surface area contributed by atoms with Gasteiger partial charge in [0.2, 0.25) is 0 Å². The van der Waals surface area contributed by atoms with Crippen LogP contribution >= 0.6 is 22.7 Å². The van der Waals surface area contributed by atoms with E-state index in [-0.39, 0.29) is 23.4 Å². The lowest BCUT2D eigenvalue weighted by molar-refractivity contribution is 0.0186. The third kappa shape index (κ3) is 5.15. The van der Waals surface area contributed by atoms with E-state index < -0.39 is 5.60 Å². The van der Waals surface area contributed by atoms with Gasteiger partial charge in [-0.25, -0.2) is 9.59 Å². The number of hydrogen-bond acceptors (Lipinski definition) is 6. The topological polar surface area (TPSA) is 73.5 Å². The lowest BCUT2D eigenvalue weighted by atomic mass is 10.1. The number of likely N-dealkylation sites (tertiary alicyclic amines) is 1. The number of carbonyl (C=O) groups excluding carboxylic acids is 1. The molecular weight excluding hydrogens is 506 g/mol. The van der Waals surface area contributed by atoms with E-state index in [2.05, 4.69) is 0 Å². The van der Waals surface area contributed by atoms with Crippen LogP contribution in [0.2, 0.25) is 0 Å². The van der Waals surface area contributed by atoms with Gasteiger partial charge in [0.05, 0.1) is 12.1 Å². The molecule has 1 aliphatic rings. The maximum absolute atomic E-state index is 13.9. The van der Waals surface area contributed by atoms with Crippen molar-refractivity contribution in [2.75, 3.05) is 13.1 Å². The Morgan fingerprint density at radius 2 is 1.78 bits per heavy atom. The van der Waals surface area contributed by atoms with Crippen molar-refractivity contribution in [1.82, 2.24) is 14.0 Å². The Balaban J connectivity index is 1.55. The summed E-state index contributed by atoms with van der Waals surface area (Å²) in [6.07, 6.45) is 0.689. The third-order valence-corrected chi connectivity index (χ3v) is 8.83. The number of fused-ring (bicyclic) bond motifs is 1. The zero-order chi connectivity index (χ0) is 26.3. The molecule has 0 atom stereocenters. The van der Waals surface area contributed by atoms with Crippen LogP contribution in [0, 0.1) is 6.92 Å². The molecule has 0 aliphatic carbocycles. The minimum Gasteiger partial charge on any atom is -0.444 e. The quantitative estimate of drug-likeness (QED) is 0.326. The maximum atomic E-state index is 13.9. The predicted octanol–water partition coefficient (Wildman–Crippen LogP) is 5.88. The summed E-state index contributed by atoms with van der Waals surface area (Å²) < 4.78 is 9.28. The Kier molecular flexibility index (Phi) is 6.85. The van der Waals surface area contributed by atoms with Crippen LogP contribution in [0.25, 0.3) is 20.7 Å². The average molecular weight is 538 g/mol. The second-order valence-electron chi connectivity index (χ2n) is 10.5. The molecule has 1 saturated heterocycles. The molecule has 7 nitrogen and oxygen atoms in total. The smallest absolute Gasteiger partial charge is 0.410 e. The van der Waals surface area contributed by atoms with Crippen LogP contribution in [0.5, 0.6) is 0 Å². The molecule has 0 N–H and O–H groups in total. The standard InChI is InChI=1S/C28H31N3O4S2/c1-18-12-15-36-23(18)17-30-21-16-22(19-8-6-5-7-9-19)37-24(21)25(32)31(26(30)33)20-10-13-29(14-11-20)27(34)35-28(2,3)4/h5-9,12,15-16,20H,10-11,13-14,17H2,1-4H3. The molecule has 4 aromatic rings. The maximum Gasteiger partial charge on any atom is 0.410 e. The highest BCUT2D eigenvalue weighted by Crippen LogP contribution is 2.32. The summed E-state index contributed by atoms with van der Waals surface area (Å²) in [6, 6.07) is 13.7. The number of amides is 1. The van der Waals surface area contributed by atoms with Gasteiger partial charge >= 0.3 is 11.8 Å². The van der Waals surface area contributed by atoms with Gasteiger partial charge in [0.25, 0.3) is 5.56 Å². The van der Waals surface area contributed by atoms with Gasteiger partial charge in [0, 0.05) is 28.9 Å². The summed E-state index contributed by atoms with van der Waals surface area (Å²) >= 11 is 3.05. The van der Waals surface area contributed by atoms with Crippen molar-refractivity contribution in [1.29, 1.82) is 0 Å². The van der Waals surface area contributed by atoms with Crippen LogP contribution in [0.4, 0.5) is 4.79 Å². The van der Waals surface area contributed by atoms with E-state index in [4.69, 9.17) is 4.74 Å². The fourth-order valence-corrected chi connectivity index (χ4v) is 6.72. The highest BCUT2D eigenvalue weighted by molar-refractivity contribution is 7.22. The first-order chi connectivity index (χ1) is 17.6. The van der Waals surface area contributed by atoms with E-state index >= 15 is 0 Å². The monoisotopic (exact) mass is 537 g/mol. The van der Waals surface area contributed by atoms with Crippen LogP contribution in [-0.4, -0.2) is 38.8 Å². The summed E-state index contributed by atoms with van der Waals surface area (Å²) in [5.74, 6) is 0. The van der Waals surface area contributed by atoms with E-state index in [0.717, 1.165) is 20.9 Å². The highest BCUT2D eigenvalue weighted by atomic mass is 32.1. The summed E-state index contributed by atoms with van der Waals surface area (Å²) in [4.78, 5) is 44.0. The average Bonchev–Trinajstić information content (AvgIpc) is 3.48. The van der Waals surface area contributed by atoms with Gasteiger partial charge in [-0.2, -0.15) is 0 Å². The van der Waals surface area contributed by atoms with Crippen LogP contribution in [0.1, 0.15) is 50.1 Å². The molecule has 37 heavy (non-hydrogen) atoms. The molecule has 1 amide bonds. The van der Waals surface area contributed by atoms with E-state index in [1.165, 1.54) is 15.9 Å². The number of ether oxygens (including phenoxy) is 1. The van der Waals surface area contributed by atoms with E-state index in [0.29, 0.717) is 42.7 Å². The molecule has 1 aliphatic heterocycles. The van der Waals surface area contributed by atoms with Gasteiger partial charge < -0.3 is 9.64 Å². The molecule has 1 aromatic carbocycles. The van der Waals surface area contributed by atoms with E-state index in [1.54, 1.807) is 20.8 Å². The van der Waals surface area contributed by atoms with Crippen molar-refractivity contribution >= 4 is 39.0 Å². The number of piperidine rings is 1. The molecule has 0 spiro atoms. The summed E-state index contributed by atoms with van der Waals surface area (Å²) in [5.41, 5.74) is 1.72. The zero-order valence-corrected chi connectivity index (χ0v) is 23.2. The van der Waals surface area contributed by atoms with Crippen LogP contribution < -0.4 is 11.2 Å². The molecule has 0 bridgehead atoms. The molecular formula is C28H31N3O4S2. The fraction of sp³-hybridized carbons (Fsp3) is 0.393. The molecule has 194 valence electrons. The summed E-state index contributed by atoms with van der Waals surface area (Å²) in [5, 5.41) is 2.03. The number of carbonyl (C=O) groups is 1. The first-order valence-electron chi connectivity index (χ1n) is 12.5. The highest BCUT2D eigenvalue weighted by Gasteiger charge is 2.30. The Bertz CT molecular complexity index is 1550. The number of rotatable bonds is 4. The second-order valence-corrected chi connectivity index (χ2v) is 12.5. The fourth-order valence-electron chi connectivity index (χ4n) is 4.73. The van der Waals surface area contributed by atoms with Gasteiger partial charge in [-0.05, 0) is 69.2 Å². The van der Waals surface area contributed by atoms with Gasteiger partial charge in [0.15, 0.2) is 0 Å². The van der Waals surface area contributed by atoms with Crippen LogP contribution in [0.3, 0.4) is 0 Å². The van der Waals surface area contributed by atoms with Crippen LogP contribution in [0.15, 0.2) is 57.4 Å². The van der Waals surface area contributed by atoms with Crippen molar-refractivity contribution in [3.8, 4) is 10.4 Å². The van der Waals surface area contributed by atoms with Crippen molar-refractivity contribution in [3.63, 3.8) is 0 Å². The van der Waals surface area contributed by atoms with E-state index in [1.807, 2.05) is 75.5 Å². The minimum atomic E-state index is -0.570. The molecule has 0 radical (unpaired) electrons. The Morgan fingerprint density at radius 1 is 1.08 bits per heavy atom. The van der Waals surface area contributed by atoms with Crippen molar-refractivity contribution in [2.24, 2.45) is 0 Å². The number of benzene rings is 1. The van der Waals surface area contributed by atoms with Gasteiger partial charge in [0.1, 0.15) is 10.3 Å². The molecule has 4 heterocycles. The van der Waals surface area contributed by atoms with Gasteiger partial charge in [-0.1, -0.05) is 30.3 Å². The van der Waals surface area contributed by atoms with Gasteiger partial charge in [-0.15, -0.1) is 22.7 Å². The Hall–Kier alpha value is -3.17. The van der Waals surface area contributed by atoms with Crippen molar-refractivity contribution in [3.05, 3.63) is 79.1 Å². The normalized spacial score (nSPS) is 14.9. The largest absolute Gasteiger partial charge is 0.444 e. The number of nitrogens with zero attached hydrogens (tertiary/aromatic N) is 3. The molecule has 5 rings (SSSR count). The Morgan fingerprint density at radius 3 is 2.41 bits per heavy atom. The first-order valence-corrected chi connectivity index (χ1v) is 14.2. The zero-order valence-electron chi connectivity index (χ0n) is 21.5. The van der Waals surface area contributed by atoms with E-state index in [9.17, 15) is 14.4 Å². The van der Waals surface area contributed by atoms with Crippen LogP contribution in [-0.2, 0) is 11.3 Å². The van der Waals surface area contributed by atoms with Crippen molar-refractivity contribution in [2.45, 2.75) is 58.7 Å². The molecule has 0 unspecified atom stereocenters. The Labute approximate surface area is 223 Å². The number of thiophene rings is 2. The molecule has 9 heteroatoms. The third-order valence-electron chi connectivity index (χ3n) is 6.66. The number of aromatic nitrogens is 2. The molecule has 3 aromatic heterocycles. The minimum absolute atomic E-state index is 0.248. The van der Waals surface area contributed by atoms with Gasteiger partial charge in [-0.3, -0.25) is 13.9 Å². The lowest BCUT2D eigenvalue weighted by Crippen LogP contribution is -2.47. The predicted molar refractivity (Wildman–Crippen MR) is 150 cm³/mol. The summed E-state index contributed by atoms with van der Waals surface area (Å²) in [7, 11) is 0. The van der Waals surface area contributed by atoms with Crippen molar-refractivity contribution < 1.29 is 9.53 Å². The first kappa shape index (κ1) is 25.5. The molecule has 0 saturated carbocycles. The molecule has 1 fully saturated rings. The number of aryl methyl sites for hydroxylation is 1.